The molecule has 11 aromatic rings. The second-order valence-electron chi connectivity index (χ2n) is 15.2. The molecule has 0 saturated heterocycles. The summed E-state index contributed by atoms with van der Waals surface area (Å²) < 4.78 is 13.2. The maximum Gasteiger partial charge on any atom is 0.145 e. The van der Waals surface area contributed by atoms with E-state index in [1.807, 2.05) is 18.2 Å². The molecule has 0 aliphatic heterocycles. The first-order valence-corrected chi connectivity index (χ1v) is 19.8. The zero-order valence-electron chi connectivity index (χ0n) is 31.5. The highest BCUT2D eigenvalue weighted by atomic mass is 16.3. The predicted molar refractivity (Wildman–Crippen MR) is 238 cm³/mol. The second-order valence-corrected chi connectivity index (χ2v) is 15.2. The molecule has 3 heteroatoms. The average Bonchev–Trinajstić information content (AvgIpc) is 3.96. The Morgan fingerprint density at radius 1 is 0.362 bits per heavy atom. The van der Waals surface area contributed by atoms with Crippen molar-refractivity contribution in [3.63, 3.8) is 0 Å². The fourth-order valence-electron chi connectivity index (χ4n) is 9.69. The van der Waals surface area contributed by atoms with E-state index in [4.69, 9.17) is 8.83 Å². The molecule has 0 unspecified atom stereocenters. The van der Waals surface area contributed by atoms with Crippen LogP contribution in [0.25, 0.3) is 66.1 Å². The van der Waals surface area contributed by atoms with Crippen molar-refractivity contribution in [2.45, 2.75) is 5.41 Å². The highest BCUT2D eigenvalue weighted by Crippen LogP contribution is 2.58. The van der Waals surface area contributed by atoms with Gasteiger partial charge in [0, 0.05) is 33.1 Å². The largest absolute Gasteiger partial charge is 0.456 e. The molecule has 12 rings (SSSR count). The summed E-state index contributed by atoms with van der Waals surface area (Å²) in [5.41, 5.74) is 15.7. The first-order valence-electron chi connectivity index (χ1n) is 19.8. The molecule has 2 heterocycles. The van der Waals surface area contributed by atoms with Crippen molar-refractivity contribution >= 4 is 60.9 Å². The number of hydrogen-bond acceptors (Lipinski definition) is 3. The normalized spacial score (nSPS) is 13.0. The SMILES string of the molecule is c1ccc(-c2ccc(N(c3ccc4c(c3)C(c3ccccc3)(c3ccccc3)c3ccccc3-4)c3ccc4oc5ccccc5c4c3)c3c2oc2ccccc23)cc1. The van der Waals surface area contributed by atoms with E-state index in [1.165, 1.54) is 33.4 Å². The van der Waals surface area contributed by atoms with Crippen molar-refractivity contribution in [1.29, 1.82) is 0 Å². The summed E-state index contributed by atoms with van der Waals surface area (Å²) in [7, 11) is 0. The monoisotopic (exact) mass is 741 g/mol. The van der Waals surface area contributed by atoms with Crippen LogP contribution < -0.4 is 4.90 Å². The van der Waals surface area contributed by atoms with Gasteiger partial charge in [-0.15, -0.1) is 0 Å². The summed E-state index contributed by atoms with van der Waals surface area (Å²) in [6.07, 6.45) is 0. The fraction of sp³-hybridized carbons (Fsp3) is 0.0182. The Hall–Kier alpha value is -7.62. The van der Waals surface area contributed by atoms with Gasteiger partial charge in [0.1, 0.15) is 22.3 Å². The van der Waals surface area contributed by atoms with Crippen LogP contribution in [0.2, 0.25) is 0 Å². The van der Waals surface area contributed by atoms with Gasteiger partial charge in [-0.25, -0.2) is 0 Å². The van der Waals surface area contributed by atoms with Gasteiger partial charge in [0.25, 0.3) is 0 Å². The molecule has 0 amide bonds. The molecular formula is C55H35NO2. The third kappa shape index (κ3) is 4.68. The van der Waals surface area contributed by atoms with Crippen molar-refractivity contribution in [3.8, 4) is 22.3 Å². The number of furan rings is 2. The molecule has 272 valence electrons. The van der Waals surface area contributed by atoms with E-state index in [-0.39, 0.29) is 0 Å². The zero-order chi connectivity index (χ0) is 38.2. The maximum absolute atomic E-state index is 6.84. The molecule has 0 fully saturated rings. The third-order valence-electron chi connectivity index (χ3n) is 12.1. The van der Waals surface area contributed by atoms with Crippen LogP contribution in [0.5, 0.6) is 0 Å². The summed E-state index contributed by atoms with van der Waals surface area (Å²) in [5.74, 6) is 0. The van der Waals surface area contributed by atoms with Crippen molar-refractivity contribution in [2.24, 2.45) is 0 Å². The Bertz CT molecular complexity index is 3300. The summed E-state index contributed by atoms with van der Waals surface area (Å²) in [4.78, 5) is 2.42. The minimum Gasteiger partial charge on any atom is -0.456 e. The molecule has 0 saturated carbocycles. The third-order valence-corrected chi connectivity index (χ3v) is 12.1. The first-order chi connectivity index (χ1) is 28.8. The summed E-state index contributed by atoms with van der Waals surface area (Å²) in [5, 5.41) is 4.30. The van der Waals surface area contributed by atoms with Crippen LogP contribution in [0.15, 0.2) is 221 Å². The number of para-hydroxylation sites is 2. The number of anilines is 3. The predicted octanol–water partition coefficient (Wildman–Crippen LogP) is 15.0. The van der Waals surface area contributed by atoms with Gasteiger partial charge < -0.3 is 13.7 Å². The Morgan fingerprint density at radius 2 is 0.914 bits per heavy atom. The highest BCUT2D eigenvalue weighted by Gasteiger charge is 2.46. The van der Waals surface area contributed by atoms with Gasteiger partial charge in [-0.3, -0.25) is 0 Å². The number of hydrogen-bond donors (Lipinski definition) is 0. The van der Waals surface area contributed by atoms with Crippen molar-refractivity contribution in [1.82, 2.24) is 0 Å². The van der Waals surface area contributed by atoms with Crippen LogP contribution in [-0.2, 0) is 5.41 Å². The van der Waals surface area contributed by atoms with Gasteiger partial charge in [-0.1, -0.05) is 158 Å². The van der Waals surface area contributed by atoms with Crippen LogP contribution in [0.3, 0.4) is 0 Å². The lowest BCUT2D eigenvalue weighted by molar-refractivity contribution is 0.669. The zero-order valence-corrected chi connectivity index (χ0v) is 31.5. The molecule has 0 atom stereocenters. The second kappa shape index (κ2) is 12.7. The Balaban J connectivity index is 1.19. The number of nitrogens with zero attached hydrogens (tertiary/aromatic N) is 1. The van der Waals surface area contributed by atoms with Gasteiger partial charge in [0.05, 0.1) is 16.5 Å². The van der Waals surface area contributed by atoms with Crippen LogP contribution >= 0.6 is 0 Å². The Morgan fingerprint density at radius 3 is 1.67 bits per heavy atom. The Labute approximate surface area is 335 Å². The van der Waals surface area contributed by atoms with Crippen LogP contribution in [0, 0.1) is 0 Å². The van der Waals surface area contributed by atoms with Gasteiger partial charge in [0.15, 0.2) is 0 Å². The number of benzene rings is 9. The highest BCUT2D eigenvalue weighted by molar-refractivity contribution is 6.17. The lowest BCUT2D eigenvalue weighted by Crippen LogP contribution is -2.28. The average molecular weight is 742 g/mol. The number of fused-ring (bicyclic) bond motifs is 9. The molecule has 0 N–H and O–H groups in total. The number of rotatable bonds is 6. The molecule has 0 spiro atoms. The molecular weight excluding hydrogens is 707 g/mol. The van der Waals surface area contributed by atoms with E-state index < -0.39 is 5.41 Å². The minimum absolute atomic E-state index is 0.546. The fourth-order valence-corrected chi connectivity index (χ4v) is 9.69. The molecule has 3 nitrogen and oxygen atoms in total. The summed E-state index contributed by atoms with van der Waals surface area (Å²) in [6, 6.07) is 76.3. The van der Waals surface area contributed by atoms with Crippen molar-refractivity contribution in [2.75, 3.05) is 4.90 Å². The topological polar surface area (TPSA) is 29.5 Å². The molecule has 0 bridgehead atoms. The maximum atomic E-state index is 6.84. The van der Waals surface area contributed by atoms with Crippen LogP contribution in [0.1, 0.15) is 22.3 Å². The van der Waals surface area contributed by atoms with Crippen molar-refractivity contribution in [3.05, 3.63) is 235 Å². The van der Waals surface area contributed by atoms with Crippen LogP contribution in [0.4, 0.5) is 17.1 Å². The quantitative estimate of drug-likeness (QED) is 0.170. The molecule has 2 aromatic heterocycles. The van der Waals surface area contributed by atoms with E-state index >= 15 is 0 Å². The van der Waals surface area contributed by atoms with E-state index in [0.717, 1.165) is 72.1 Å². The van der Waals surface area contributed by atoms with E-state index in [1.54, 1.807) is 0 Å². The lowest BCUT2D eigenvalue weighted by Gasteiger charge is -2.35. The molecule has 0 radical (unpaired) electrons. The van der Waals surface area contributed by atoms with E-state index in [2.05, 4.69) is 199 Å². The van der Waals surface area contributed by atoms with E-state index in [0.29, 0.717) is 0 Å². The molecule has 58 heavy (non-hydrogen) atoms. The van der Waals surface area contributed by atoms with Crippen molar-refractivity contribution < 1.29 is 8.83 Å². The first kappa shape index (κ1) is 32.6. The van der Waals surface area contributed by atoms with E-state index in [9.17, 15) is 0 Å². The molecule has 9 aromatic carbocycles. The van der Waals surface area contributed by atoms with Gasteiger partial charge in [-0.05, 0) is 93.5 Å². The minimum atomic E-state index is -0.546. The van der Waals surface area contributed by atoms with Gasteiger partial charge >= 0.3 is 0 Å². The molecule has 1 aliphatic rings. The molecule has 1 aliphatic carbocycles. The summed E-state index contributed by atoms with van der Waals surface area (Å²) in [6.45, 7) is 0. The van der Waals surface area contributed by atoms with Crippen LogP contribution in [-0.4, -0.2) is 0 Å². The smallest absolute Gasteiger partial charge is 0.145 e. The summed E-state index contributed by atoms with van der Waals surface area (Å²) >= 11 is 0. The Kier molecular flexibility index (Phi) is 7.14. The standard InChI is InChI=1S/C55H35NO2/c1-4-16-36(17-5-1)41-31-32-49(53-45-24-12-15-27-51(45)58-54(41)53)56(39-29-33-52-46(34-39)44-23-11-14-26-50(44)57-52)40-28-30-43-42-22-10-13-25-47(42)55(48(43)35-40,37-18-6-2-7-19-37)38-20-8-3-9-21-38/h1-35H. The lowest BCUT2D eigenvalue weighted by atomic mass is 9.67. The van der Waals surface area contributed by atoms with Gasteiger partial charge in [-0.2, -0.15) is 0 Å². The van der Waals surface area contributed by atoms with Gasteiger partial charge in [0.2, 0.25) is 0 Å².